The van der Waals surface area contributed by atoms with Crippen LogP contribution in [0.5, 0.6) is 0 Å². The summed E-state index contributed by atoms with van der Waals surface area (Å²) in [5, 5.41) is 12.3. The molecule has 0 saturated heterocycles. The van der Waals surface area contributed by atoms with Crippen molar-refractivity contribution in [3.05, 3.63) is 23.4 Å². The zero-order chi connectivity index (χ0) is 14.4. The van der Waals surface area contributed by atoms with E-state index < -0.39 is 5.97 Å². The highest BCUT2D eigenvalue weighted by Crippen LogP contribution is 2.18. The van der Waals surface area contributed by atoms with Crippen LogP contribution in [-0.4, -0.2) is 36.3 Å². The molecule has 0 aromatic carbocycles. The zero-order valence-electron chi connectivity index (χ0n) is 11.9. The molecule has 5 nitrogen and oxygen atoms in total. The summed E-state index contributed by atoms with van der Waals surface area (Å²) in [4.78, 5) is 15.5. The monoisotopic (exact) mass is 266 g/mol. The molecule has 0 fully saturated rings. The van der Waals surface area contributed by atoms with E-state index >= 15 is 0 Å². The molecule has 5 heteroatoms. The van der Waals surface area contributed by atoms with Crippen molar-refractivity contribution in [3.63, 3.8) is 0 Å². The molecule has 0 aliphatic rings. The van der Waals surface area contributed by atoms with Gasteiger partial charge in [0.15, 0.2) is 0 Å². The SMILES string of the molecule is COCC(C)CNc1cc(C(=O)O)cc(C(C)C)n1. The predicted octanol–water partition coefficient (Wildman–Crippen LogP) is 2.60. The van der Waals surface area contributed by atoms with Crippen molar-refractivity contribution in [1.29, 1.82) is 0 Å². The molecule has 19 heavy (non-hydrogen) atoms. The van der Waals surface area contributed by atoms with Crippen molar-refractivity contribution in [2.45, 2.75) is 26.7 Å². The van der Waals surface area contributed by atoms with Gasteiger partial charge in [0.05, 0.1) is 12.2 Å². The largest absolute Gasteiger partial charge is 0.478 e. The van der Waals surface area contributed by atoms with Crippen molar-refractivity contribution in [3.8, 4) is 0 Å². The highest BCUT2D eigenvalue weighted by Gasteiger charge is 2.11. The van der Waals surface area contributed by atoms with Crippen LogP contribution >= 0.6 is 0 Å². The Labute approximate surface area is 114 Å². The van der Waals surface area contributed by atoms with Crippen LogP contribution in [0.2, 0.25) is 0 Å². The summed E-state index contributed by atoms with van der Waals surface area (Å²) in [6.45, 7) is 7.39. The van der Waals surface area contributed by atoms with Crippen LogP contribution in [0.15, 0.2) is 12.1 Å². The lowest BCUT2D eigenvalue weighted by Crippen LogP contribution is -2.17. The number of carboxylic acids is 1. The van der Waals surface area contributed by atoms with E-state index in [-0.39, 0.29) is 11.5 Å². The van der Waals surface area contributed by atoms with E-state index in [9.17, 15) is 4.79 Å². The first-order valence-corrected chi connectivity index (χ1v) is 6.42. The minimum absolute atomic E-state index is 0.191. The quantitative estimate of drug-likeness (QED) is 0.793. The Morgan fingerprint density at radius 3 is 2.63 bits per heavy atom. The van der Waals surface area contributed by atoms with Gasteiger partial charge in [-0.2, -0.15) is 0 Å². The van der Waals surface area contributed by atoms with Gasteiger partial charge in [0, 0.05) is 19.3 Å². The summed E-state index contributed by atoms with van der Waals surface area (Å²) in [5.74, 6) is 0.197. The standard InChI is InChI=1S/C14H22N2O3/c1-9(2)12-5-11(14(17)18)6-13(16-12)15-7-10(3)8-19-4/h5-6,9-10H,7-8H2,1-4H3,(H,15,16)(H,17,18). The number of aromatic carboxylic acids is 1. The lowest BCUT2D eigenvalue weighted by Gasteiger charge is -2.14. The Morgan fingerprint density at radius 2 is 2.11 bits per heavy atom. The fraction of sp³-hybridized carbons (Fsp3) is 0.571. The molecule has 0 bridgehead atoms. The molecule has 106 valence electrons. The third-order valence-corrected chi connectivity index (χ3v) is 2.77. The number of hydrogen-bond acceptors (Lipinski definition) is 4. The highest BCUT2D eigenvalue weighted by atomic mass is 16.5. The Morgan fingerprint density at radius 1 is 1.42 bits per heavy atom. The van der Waals surface area contributed by atoms with Gasteiger partial charge in [-0.3, -0.25) is 0 Å². The van der Waals surface area contributed by atoms with E-state index in [0.717, 1.165) is 5.69 Å². The number of nitrogens with one attached hydrogen (secondary N) is 1. The Kier molecular flexibility index (Phi) is 5.76. The van der Waals surface area contributed by atoms with Gasteiger partial charge in [0.2, 0.25) is 0 Å². The second-order valence-corrected chi connectivity index (χ2v) is 5.07. The number of hydrogen-bond donors (Lipinski definition) is 2. The van der Waals surface area contributed by atoms with Crippen molar-refractivity contribution in [2.24, 2.45) is 5.92 Å². The molecule has 0 aliphatic heterocycles. The highest BCUT2D eigenvalue weighted by molar-refractivity contribution is 5.88. The molecule has 1 heterocycles. The molecule has 0 spiro atoms. The van der Waals surface area contributed by atoms with Gasteiger partial charge in [-0.25, -0.2) is 9.78 Å². The summed E-state index contributed by atoms with van der Waals surface area (Å²) >= 11 is 0. The minimum Gasteiger partial charge on any atom is -0.478 e. The first-order valence-electron chi connectivity index (χ1n) is 6.42. The van der Waals surface area contributed by atoms with Crippen LogP contribution in [0.4, 0.5) is 5.82 Å². The molecule has 1 unspecified atom stereocenters. The lowest BCUT2D eigenvalue weighted by atomic mass is 10.1. The van der Waals surface area contributed by atoms with Gasteiger partial charge in [0.25, 0.3) is 0 Å². The van der Waals surface area contributed by atoms with Crippen molar-refractivity contribution >= 4 is 11.8 Å². The summed E-state index contributed by atoms with van der Waals surface area (Å²) in [6.07, 6.45) is 0. The third-order valence-electron chi connectivity index (χ3n) is 2.77. The van der Waals surface area contributed by atoms with E-state index in [0.29, 0.717) is 24.9 Å². The molecule has 1 rings (SSSR count). The molecule has 2 N–H and O–H groups in total. The van der Waals surface area contributed by atoms with E-state index in [1.54, 1.807) is 19.2 Å². The summed E-state index contributed by atoms with van der Waals surface area (Å²) in [5.41, 5.74) is 1.04. The fourth-order valence-electron chi connectivity index (χ4n) is 1.68. The summed E-state index contributed by atoms with van der Waals surface area (Å²) in [7, 11) is 1.66. The number of carboxylic acid groups (broad SMARTS) is 1. The Bertz CT molecular complexity index is 433. The molecule has 0 radical (unpaired) electrons. The molecular weight excluding hydrogens is 244 g/mol. The maximum absolute atomic E-state index is 11.1. The van der Waals surface area contributed by atoms with Crippen LogP contribution in [0.3, 0.4) is 0 Å². The molecular formula is C14H22N2O3. The maximum Gasteiger partial charge on any atom is 0.335 e. The number of carbonyl (C=O) groups is 1. The maximum atomic E-state index is 11.1. The number of rotatable bonds is 7. The molecule has 1 atom stereocenters. The van der Waals surface area contributed by atoms with Crippen molar-refractivity contribution in [2.75, 3.05) is 25.6 Å². The second-order valence-electron chi connectivity index (χ2n) is 5.07. The van der Waals surface area contributed by atoms with E-state index in [4.69, 9.17) is 9.84 Å². The van der Waals surface area contributed by atoms with Crippen LogP contribution in [0, 0.1) is 5.92 Å². The van der Waals surface area contributed by atoms with Gasteiger partial charge in [-0.15, -0.1) is 0 Å². The molecule has 1 aromatic rings. The number of methoxy groups -OCH3 is 1. The van der Waals surface area contributed by atoms with E-state index in [2.05, 4.69) is 17.2 Å². The summed E-state index contributed by atoms with van der Waals surface area (Å²) in [6, 6.07) is 3.19. The lowest BCUT2D eigenvalue weighted by molar-refractivity contribution is 0.0696. The number of pyridine rings is 1. The smallest absolute Gasteiger partial charge is 0.335 e. The van der Waals surface area contributed by atoms with E-state index in [1.807, 2.05) is 13.8 Å². The Balaban J connectivity index is 2.84. The number of anilines is 1. The average Bonchev–Trinajstić information content (AvgIpc) is 2.36. The zero-order valence-corrected chi connectivity index (χ0v) is 11.9. The van der Waals surface area contributed by atoms with Gasteiger partial charge in [-0.05, 0) is 24.0 Å². The topological polar surface area (TPSA) is 71.5 Å². The number of aromatic nitrogens is 1. The number of nitrogens with zero attached hydrogens (tertiary/aromatic N) is 1. The van der Waals surface area contributed by atoms with Crippen LogP contribution < -0.4 is 5.32 Å². The second kappa shape index (κ2) is 7.09. The number of ether oxygens (including phenoxy) is 1. The van der Waals surface area contributed by atoms with Gasteiger partial charge in [0.1, 0.15) is 5.82 Å². The first kappa shape index (κ1) is 15.4. The minimum atomic E-state index is -0.933. The average molecular weight is 266 g/mol. The molecule has 0 amide bonds. The summed E-state index contributed by atoms with van der Waals surface area (Å²) < 4.78 is 5.06. The normalized spacial score (nSPS) is 12.5. The van der Waals surface area contributed by atoms with Crippen LogP contribution in [-0.2, 0) is 4.74 Å². The van der Waals surface area contributed by atoms with Gasteiger partial charge >= 0.3 is 5.97 Å². The van der Waals surface area contributed by atoms with E-state index in [1.165, 1.54) is 0 Å². The fourth-order valence-corrected chi connectivity index (χ4v) is 1.68. The van der Waals surface area contributed by atoms with Crippen LogP contribution in [0.25, 0.3) is 0 Å². The van der Waals surface area contributed by atoms with Gasteiger partial charge in [-0.1, -0.05) is 20.8 Å². The third kappa shape index (κ3) is 4.87. The molecule has 1 aromatic heterocycles. The first-order chi connectivity index (χ1) is 8.93. The molecule has 0 saturated carbocycles. The molecule has 0 aliphatic carbocycles. The van der Waals surface area contributed by atoms with Crippen LogP contribution in [0.1, 0.15) is 42.7 Å². The van der Waals surface area contributed by atoms with Crippen molar-refractivity contribution in [1.82, 2.24) is 4.98 Å². The Hall–Kier alpha value is -1.62. The van der Waals surface area contributed by atoms with Crippen molar-refractivity contribution < 1.29 is 14.6 Å². The van der Waals surface area contributed by atoms with Gasteiger partial charge < -0.3 is 15.2 Å². The predicted molar refractivity (Wildman–Crippen MR) is 74.8 cm³/mol.